The number of hydrogen-bond donors (Lipinski definition) is 0. The van der Waals surface area contributed by atoms with Gasteiger partial charge in [-0.3, -0.25) is 9.48 Å². The number of hydrogen-bond acceptors (Lipinski definition) is 4. The number of thiophene rings is 1. The molecule has 6 heteroatoms. The van der Waals surface area contributed by atoms with Crippen molar-refractivity contribution in [1.82, 2.24) is 19.7 Å². The highest BCUT2D eigenvalue weighted by molar-refractivity contribution is 7.13. The average Bonchev–Trinajstić information content (AvgIpc) is 3.37. The predicted molar refractivity (Wildman–Crippen MR) is 117 cm³/mol. The summed E-state index contributed by atoms with van der Waals surface area (Å²) in [5.41, 5.74) is 3.77. The number of nitrogens with zero attached hydrogens (tertiary/aromatic N) is 4. The number of carbonyl (C=O) groups excluding carboxylic acids is 1. The van der Waals surface area contributed by atoms with Crippen LogP contribution in [0.1, 0.15) is 61.0 Å². The Morgan fingerprint density at radius 3 is 2.59 bits per heavy atom. The Morgan fingerprint density at radius 2 is 1.90 bits per heavy atom. The van der Waals surface area contributed by atoms with Gasteiger partial charge < -0.3 is 4.90 Å². The maximum atomic E-state index is 13.6. The van der Waals surface area contributed by atoms with Crippen LogP contribution in [0.3, 0.4) is 0 Å². The molecule has 152 valence electrons. The normalized spacial score (nSPS) is 19.2. The summed E-state index contributed by atoms with van der Waals surface area (Å²) in [7, 11) is 1.91. The van der Waals surface area contributed by atoms with Crippen molar-refractivity contribution in [2.24, 2.45) is 12.5 Å². The minimum atomic E-state index is 0.136. The first-order valence-corrected chi connectivity index (χ1v) is 11.6. The van der Waals surface area contributed by atoms with E-state index in [0.717, 1.165) is 58.8 Å². The zero-order valence-corrected chi connectivity index (χ0v) is 18.1. The predicted octanol–water partition coefficient (Wildman–Crippen LogP) is 5.19. The molecule has 4 heterocycles. The van der Waals surface area contributed by atoms with Crippen molar-refractivity contribution in [3.05, 3.63) is 34.8 Å². The summed E-state index contributed by atoms with van der Waals surface area (Å²) in [6, 6.07) is 6.07. The van der Waals surface area contributed by atoms with Crippen LogP contribution in [-0.4, -0.2) is 38.7 Å². The monoisotopic (exact) mass is 408 g/mol. The molecule has 0 N–H and O–H groups in total. The summed E-state index contributed by atoms with van der Waals surface area (Å²) < 4.78 is 1.80. The topological polar surface area (TPSA) is 51.0 Å². The average molecular weight is 409 g/mol. The van der Waals surface area contributed by atoms with E-state index in [0.29, 0.717) is 5.41 Å². The second-order valence-corrected chi connectivity index (χ2v) is 9.74. The maximum Gasteiger partial charge on any atom is 0.254 e. The molecule has 2 fully saturated rings. The standard InChI is InChI=1S/C23H28N4OS/c1-16-20-17(15-18(19-7-6-14-29-19)24-21(20)26(2)25-16)22(28)27-12-10-23(11-13-27)8-4-3-5-9-23/h6-7,14-15H,3-5,8-13H2,1-2H3. The van der Waals surface area contributed by atoms with E-state index >= 15 is 0 Å². The van der Waals surface area contributed by atoms with Crippen molar-refractivity contribution in [3.63, 3.8) is 0 Å². The van der Waals surface area contributed by atoms with Gasteiger partial charge in [-0.25, -0.2) is 4.98 Å². The molecule has 0 unspecified atom stereocenters. The van der Waals surface area contributed by atoms with Gasteiger partial charge in [-0.15, -0.1) is 11.3 Å². The number of likely N-dealkylation sites (tertiary alicyclic amines) is 1. The third-order valence-corrected chi connectivity index (χ3v) is 7.89. The second-order valence-electron chi connectivity index (χ2n) is 8.79. The molecule has 1 saturated carbocycles. The van der Waals surface area contributed by atoms with Crippen LogP contribution in [-0.2, 0) is 7.05 Å². The van der Waals surface area contributed by atoms with Gasteiger partial charge in [0.2, 0.25) is 0 Å². The second kappa shape index (κ2) is 7.24. The van der Waals surface area contributed by atoms with Crippen molar-refractivity contribution in [3.8, 4) is 10.6 Å². The fourth-order valence-corrected chi connectivity index (χ4v) is 6.01. The summed E-state index contributed by atoms with van der Waals surface area (Å²) >= 11 is 1.65. The lowest BCUT2D eigenvalue weighted by molar-refractivity contribution is 0.0473. The lowest BCUT2D eigenvalue weighted by atomic mass is 9.68. The molecular weight excluding hydrogens is 380 g/mol. The summed E-state index contributed by atoms with van der Waals surface area (Å²) in [6.07, 6.45) is 9.09. The van der Waals surface area contributed by atoms with Crippen molar-refractivity contribution >= 4 is 28.3 Å². The van der Waals surface area contributed by atoms with Crippen LogP contribution in [0.4, 0.5) is 0 Å². The Hall–Kier alpha value is -2.21. The molecule has 1 aliphatic carbocycles. The van der Waals surface area contributed by atoms with Crippen LogP contribution >= 0.6 is 11.3 Å². The molecule has 29 heavy (non-hydrogen) atoms. The molecular formula is C23H28N4OS. The van der Waals surface area contributed by atoms with Gasteiger partial charge >= 0.3 is 0 Å². The largest absolute Gasteiger partial charge is 0.339 e. The lowest BCUT2D eigenvalue weighted by Gasteiger charge is -2.44. The minimum absolute atomic E-state index is 0.136. The first-order valence-electron chi connectivity index (χ1n) is 10.7. The molecule has 0 aromatic carbocycles. The summed E-state index contributed by atoms with van der Waals surface area (Å²) in [5, 5.41) is 7.50. The first kappa shape index (κ1) is 18.8. The quantitative estimate of drug-likeness (QED) is 0.586. The number of aryl methyl sites for hydroxylation is 2. The third-order valence-electron chi connectivity index (χ3n) is 7.00. The molecule has 0 atom stereocenters. The van der Waals surface area contributed by atoms with Gasteiger partial charge in [0, 0.05) is 20.1 Å². The highest BCUT2D eigenvalue weighted by atomic mass is 32.1. The van der Waals surface area contributed by atoms with Gasteiger partial charge in [0.15, 0.2) is 5.65 Å². The Labute approximate surface area is 175 Å². The number of carbonyl (C=O) groups is 1. The van der Waals surface area contributed by atoms with E-state index < -0.39 is 0 Å². The summed E-state index contributed by atoms with van der Waals surface area (Å²) in [4.78, 5) is 21.6. The van der Waals surface area contributed by atoms with Gasteiger partial charge in [0.05, 0.1) is 27.2 Å². The fourth-order valence-electron chi connectivity index (χ4n) is 5.32. The van der Waals surface area contributed by atoms with Crippen molar-refractivity contribution < 1.29 is 4.79 Å². The third kappa shape index (κ3) is 3.27. The Bertz CT molecular complexity index is 1040. The molecule has 3 aromatic rings. The van der Waals surface area contributed by atoms with Crippen molar-refractivity contribution in [1.29, 1.82) is 0 Å². The molecule has 0 bridgehead atoms. The van der Waals surface area contributed by atoms with Crippen molar-refractivity contribution in [2.45, 2.75) is 51.9 Å². The molecule has 2 aliphatic rings. The van der Waals surface area contributed by atoms with E-state index in [9.17, 15) is 4.79 Å². The maximum absolute atomic E-state index is 13.6. The molecule has 5 nitrogen and oxygen atoms in total. The Morgan fingerprint density at radius 1 is 1.14 bits per heavy atom. The van der Waals surface area contributed by atoms with E-state index in [4.69, 9.17) is 4.98 Å². The van der Waals surface area contributed by atoms with Gasteiger partial charge in [0.25, 0.3) is 5.91 Å². The summed E-state index contributed by atoms with van der Waals surface area (Å²) in [6.45, 7) is 3.71. The van der Waals surface area contributed by atoms with E-state index in [2.05, 4.69) is 16.1 Å². The lowest BCUT2D eigenvalue weighted by Crippen LogP contribution is -2.44. The van der Waals surface area contributed by atoms with Crippen LogP contribution in [0.2, 0.25) is 0 Å². The smallest absolute Gasteiger partial charge is 0.254 e. The minimum Gasteiger partial charge on any atom is -0.339 e. The zero-order chi connectivity index (χ0) is 20.0. The Balaban J connectivity index is 1.50. The van der Waals surface area contributed by atoms with Crippen molar-refractivity contribution in [2.75, 3.05) is 13.1 Å². The molecule has 1 aliphatic heterocycles. The number of rotatable bonds is 2. The number of pyridine rings is 1. The number of fused-ring (bicyclic) bond motifs is 1. The van der Waals surface area contributed by atoms with E-state index in [1.54, 1.807) is 16.0 Å². The molecule has 3 aromatic heterocycles. The molecule has 1 spiro atoms. The van der Waals surface area contributed by atoms with Gasteiger partial charge in [-0.05, 0) is 55.5 Å². The van der Waals surface area contributed by atoms with Gasteiger partial charge in [-0.2, -0.15) is 5.10 Å². The van der Waals surface area contributed by atoms with E-state index in [1.807, 2.05) is 31.5 Å². The zero-order valence-electron chi connectivity index (χ0n) is 17.3. The van der Waals surface area contributed by atoms with E-state index in [1.165, 1.54) is 32.1 Å². The van der Waals surface area contributed by atoms with Gasteiger partial charge in [-0.1, -0.05) is 25.3 Å². The summed E-state index contributed by atoms with van der Waals surface area (Å²) in [5.74, 6) is 0.136. The number of piperidine rings is 1. The van der Waals surface area contributed by atoms with E-state index in [-0.39, 0.29) is 5.91 Å². The molecule has 1 amide bonds. The van der Waals surface area contributed by atoms with Crippen LogP contribution in [0.25, 0.3) is 21.6 Å². The highest BCUT2D eigenvalue weighted by Gasteiger charge is 2.37. The fraction of sp³-hybridized carbons (Fsp3) is 0.522. The SMILES string of the molecule is Cc1nn(C)c2nc(-c3cccs3)cc(C(=O)N3CCC4(CCCCC4)CC3)c12. The van der Waals surface area contributed by atoms with Crippen LogP contribution in [0.5, 0.6) is 0 Å². The highest BCUT2D eigenvalue weighted by Crippen LogP contribution is 2.44. The molecule has 1 saturated heterocycles. The first-order chi connectivity index (χ1) is 14.1. The number of amides is 1. The van der Waals surface area contributed by atoms with Crippen LogP contribution < -0.4 is 0 Å². The van der Waals surface area contributed by atoms with Gasteiger partial charge in [0.1, 0.15) is 0 Å². The number of aromatic nitrogens is 3. The van der Waals surface area contributed by atoms with Crippen LogP contribution in [0, 0.1) is 12.3 Å². The van der Waals surface area contributed by atoms with Crippen LogP contribution in [0.15, 0.2) is 23.6 Å². The Kier molecular flexibility index (Phi) is 4.69. The molecule has 5 rings (SSSR count). The molecule has 0 radical (unpaired) electrons.